The molecule has 0 saturated carbocycles. The number of unbranched alkanes of at least 4 members (excludes halogenated alkanes) is 21. The van der Waals surface area contributed by atoms with E-state index in [9.17, 15) is 0 Å². The van der Waals surface area contributed by atoms with E-state index in [0.717, 1.165) is 0 Å². The average Bonchev–Trinajstić information content (AvgIpc) is 2.68. The zero-order valence-corrected chi connectivity index (χ0v) is 19.4. The fraction of sp³-hybridized carbons (Fsp3) is 0.926. The van der Waals surface area contributed by atoms with E-state index in [2.05, 4.69) is 26.0 Å². The van der Waals surface area contributed by atoms with Crippen molar-refractivity contribution in [2.75, 3.05) is 0 Å². The van der Waals surface area contributed by atoms with Crippen molar-refractivity contribution < 1.29 is 0 Å². The molecule has 0 spiro atoms. The Hall–Kier alpha value is -0.260. The molecule has 0 fully saturated rings. The monoisotopic (exact) mass is 378 g/mol. The largest absolute Gasteiger partial charge is 0.0885 e. The minimum Gasteiger partial charge on any atom is -0.0885 e. The molecule has 0 unspecified atom stereocenters. The van der Waals surface area contributed by atoms with E-state index in [-0.39, 0.29) is 0 Å². The second-order valence-electron chi connectivity index (χ2n) is 8.77. The highest BCUT2D eigenvalue weighted by Crippen LogP contribution is 2.13. The van der Waals surface area contributed by atoms with Gasteiger partial charge < -0.3 is 0 Å². The Kier molecular flexibility index (Phi) is 25.5. The summed E-state index contributed by atoms with van der Waals surface area (Å²) < 4.78 is 0. The third-order valence-electron chi connectivity index (χ3n) is 5.87. The van der Waals surface area contributed by atoms with Gasteiger partial charge in [0.2, 0.25) is 0 Å². The van der Waals surface area contributed by atoms with Crippen LogP contribution in [-0.2, 0) is 0 Å². The van der Waals surface area contributed by atoms with Gasteiger partial charge in [-0.2, -0.15) is 0 Å². The van der Waals surface area contributed by atoms with Crippen LogP contribution in [0.3, 0.4) is 0 Å². The zero-order valence-electron chi connectivity index (χ0n) is 19.4. The Balaban J connectivity index is 3.05. The molecule has 0 heteroatoms. The molecule has 0 aromatic rings. The first-order valence-corrected chi connectivity index (χ1v) is 13.1. The molecule has 0 atom stereocenters. The predicted octanol–water partition coefficient (Wildman–Crippen LogP) is 10.6. The molecule has 0 bridgehead atoms. The second-order valence-corrected chi connectivity index (χ2v) is 8.77. The fourth-order valence-electron chi connectivity index (χ4n) is 3.91. The zero-order chi connectivity index (χ0) is 19.7. The first-order chi connectivity index (χ1) is 13.4. The van der Waals surface area contributed by atoms with Gasteiger partial charge in [-0.15, -0.1) is 0 Å². The highest BCUT2D eigenvalue weighted by molar-refractivity contribution is 4.81. The molecule has 0 amide bonds. The molecule has 0 N–H and O–H groups in total. The van der Waals surface area contributed by atoms with E-state index in [1.807, 2.05) is 0 Å². The molecule has 0 rings (SSSR count). The molecule has 162 valence electrons. The molecular weight excluding hydrogens is 324 g/mol. The average molecular weight is 379 g/mol. The Labute approximate surface area is 174 Å². The lowest BCUT2D eigenvalue weighted by molar-refractivity contribution is 0.550. The van der Waals surface area contributed by atoms with Crippen molar-refractivity contribution in [1.82, 2.24) is 0 Å². The molecule has 0 aromatic heterocycles. The summed E-state index contributed by atoms with van der Waals surface area (Å²) in [5, 5.41) is 0. The summed E-state index contributed by atoms with van der Waals surface area (Å²) in [6.07, 6.45) is 37.9. The van der Waals surface area contributed by atoms with Crippen molar-refractivity contribution in [3.05, 3.63) is 12.2 Å². The summed E-state index contributed by atoms with van der Waals surface area (Å²) >= 11 is 0. The molecule has 0 nitrogen and oxygen atoms in total. The van der Waals surface area contributed by atoms with Gasteiger partial charge >= 0.3 is 0 Å². The highest BCUT2D eigenvalue weighted by Gasteiger charge is 1.93. The fourth-order valence-corrected chi connectivity index (χ4v) is 3.91. The van der Waals surface area contributed by atoms with Crippen LogP contribution in [0.5, 0.6) is 0 Å². The number of allylic oxidation sites excluding steroid dienone is 2. The van der Waals surface area contributed by atoms with E-state index in [4.69, 9.17) is 0 Å². The first-order valence-electron chi connectivity index (χ1n) is 13.1. The van der Waals surface area contributed by atoms with Crippen LogP contribution in [0.1, 0.15) is 162 Å². The van der Waals surface area contributed by atoms with Crippen molar-refractivity contribution >= 4 is 0 Å². The summed E-state index contributed by atoms with van der Waals surface area (Å²) in [6.45, 7) is 4.60. The van der Waals surface area contributed by atoms with Crippen LogP contribution in [0, 0.1) is 0 Å². The van der Waals surface area contributed by atoms with Crippen LogP contribution in [0.25, 0.3) is 0 Å². The minimum absolute atomic E-state index is 1.31. The van der Waals surface area contributed by atoms with Crippen LogP contribution in [0.15, 0.2) is 12.2 Å². The molecule has 27 heavy (non-hydrogen) atoms. The maximum Gasteiger partial charge on any atom is -0.0351 e. The van der Waals surface area contributed by atoms with Crippen LogP contribution < -0.4 is 0 Å². The van der Waals surface area contributed by atoms with Gasteiger partial charge in [0.25, 0.3) is 0 Å². The molecule has 0 aromatic carbocycles. The normalized spacial score (nSPS) is 11.6. The smallest absolute Gasteiger partial charge is 0.0351 e. The molecular formula is C27H54. The van der Waals surface area contributed by atoms with Crippen molar-refractivity contribution in [2.45, 2.75) is 162 Å². The number of rotatable bonds is 23. The molecule has 0 aliphatic rings. The quantitative estimate of drug-likeness (QED) is 0.122. The maximum atomic E-state index is 2.45. The third-order valence-corrected chi connectivity index (χ3v) is 5.87. The predicted molar refractivity (Wildman–Crippen MR) is 127 cm³/mol. The summed E-state index contributed by atoms with van der Waals surface area (Å²) in [7, 11) is 0. The standard InChI is InChI=1S/C27H54/c1-3-5-7-9-11-13-15-17-19-21-23-25-27-26-24-22-20-18-16-14-12-10-8-6-4-2/h25,27H,3-24,26H2,1-2H3/b27-25+. The Morgan fingerprint density at radius 2 is 0.519 bits per heavy atom. The lowest BCUT2D eigenvalue weighted by atomic mass is 10.0. The van der Waals surface area contributed by atoms with E-state index in [1.165, 1.54) is 148 Å². The van der Waals surface area contributed by atoms with Gasteiger partial charge in [0.1, 0.15) is 0 Å². The topological polar surface area (TPSA) is 0 Å². The van der Waals surface area contributed by atoms with Crippen molar-refractivity contribution in [1.29, 1.82) is 0 Å². The van der Waals surface area contributed by atoms with E-state index >= 15 is 0 Å². The second kappa shape index (κ2) is 25.7. The molecule has 0 heterocycles. The van der Waals surface area contributed by atoms with Gasteiger partial charge in [-0.25, -0.2) is 0 Å². The van der Waals surface area contributed by atoms with E-state index in [1.54, 1.807) is 0 Å². The van der Waals surface area contributed by atoms with Gasteiger partial charge in [-0.3, -0.25) is 0 Å². The van der Waals surface area contributed by atoms with Crippen molar-refractivity contribution in [3.8, 4) is 0 Å². The Morgan fingerprint density at radius 3 is 0.778 bits per heavy atom. The highest BCUT2D eigenvalue weighted by atomic mass is 14.0. The van der Waals surface area contributed by atoms with Crippen LogP contribution in [0.4, 0.5) is 0 Å². The van der Waals surface area contributed by atoms with Crippen molar-refractivity contribution in [3.63, 3.8) is 0 Å². The molecule has 0 aliphatic carbocycles. The number of hydrogen-bond donors (Lipinski definition) is 0. The Morgan fingerprint density at radius 1 is 0.296 bits per heavy atom. The third kappa shape index (κ3) is 25.7. The summed E-state index contributed by atoms with van der Waals surface area (Å²) in [4.78, 5) is 0. The van der Waals surface area contributed by atoms with Crippen LogP contribution >= 0.6 is 0 Å². The van der Waals surface area contributed by atoms with Gasteiger partial charge in [0, 0.05) is 0 Å². The van der Waals surface area contributed by atoms with Crippen LogP contribution in [-0.4, -0.2) is 0 Å². The summed E-state index contributed by atoms with van der Waals surface area (Å²) in [5.74, 6) is 0. The lowest BCUT2D eigenvalue weighted by Gasteiger charge is -2.02. The SMILES string of the molecule is CCCCCCCCCCCC/C=C/CCCCCCCCCCCCC. The molecule has 0 aliphatic heterocycles. The first kappa shape index (κ1) is 26.7. The lowest BCUT2D eigenvalue weighted by Crippen LogP contribution is -1.82. The Bertz CT molecular complexity index is 265. The van der Waals surface area contributed by atoms with Crippen LogP contribution in [0.2, 0.25) is 0 Å². The summed E-state index contributed by atoms with van der Waals surface area (Å²) in [5.41, 5.74) is 0. The van der Waals surface area contributed by atoms with Gasteiger partial charge in [-0.05, 0) is 25.7 Å². The van der Waals surface area contributed by atoms with Gasteiger partial charge in [0.05, 0.1) is 0 Å². The maximum absolute atomic E-state index is 2.45. The summed E-state index contributed by atoms with van der Waals surface area (Å²) in [6, 6.07) is 0. The van der Waals surface area contributed by atoms with E-state index < -0.39 is 0 Å². The van der Waals surface area contributed by atoms with Crippen molar-refractivity contribution in [2.24, 2.45) is 0 Å². The van der Waals surface area contributed by atoms with Gasteiger partial charge in [0.15, 0.2) is 0 Å². The van der Waals surface area contributed by atoms with E-state index in [0.29, 0.717) is 0 Å². The minimum atomic E-state index is 1.31. The van der Waals surface area contributed by atoms with Gasteiger partial charge in [-0.1, -0.05) is 148 Å². The number of hydrogen-bond acceptors (Lipinski definition) is 0. The molecule has 0 radical (unpaired) electrons. The molecule has 0 saturated heterocycles.